The van der Waals surface area contributed by atoms with Crippen molar-refractivity contribution < 1.29 is 46.7 Å². The number of nitrogens with one attached hydrogen (secondary N) is 1. The van der Waals surface area contributed by atoms with Crippen LogP contribution in [0.2, 0.25) is 0 Å². The highest BCUT2D eigenvalue weighted by atomic mass is 31.3. The van der Waals surface area contributed by atoms with Crippen LogP contribution in [0.3, 0.4) is 0 Å². The average Bonchev–Trinajstić information content (AvgIpc) is 2.91. The number of amides is 3. The second-order valence-corrected chi connectivity index (χ2v) is 11.1. The van der Waals surface area contributed by atoms with Crippen molar-refractivity contribution in [1.82, 2.24) is 10.2 Å². The van der Waals surface area contributed by atoms with E-state index in [1.54, 1.807) is 0 Å². The molecule has 3 atom stereocenters. The monoisotopic (exact) mass is 500 g/mol. The Hall–Kier alpha value is -1.13. The fourth-order valence-electron chi connectivity index (χ4n) is 3.08. The number of phosphoric acid groups is 2. The Labute approximate surface area is 188 Å². The topological polar surface area (TPSA) is 169 Å². The number of carbonyl (C=O) groups excluding carboxylic acids is 3. The van der Waals surface area contributed by atoms with Crippen LogP contribution < -0.4 is 5.32 Å². The molecule has 32 heavy (non-hydrogen) atoms. The zero-order valence-electron chi connectivity index (χ0n) is 18.9. The van der Waals surface area contributed by atoms with Crippen LogP contribution >= 0.6 is 15.6 Å². The summed E-state index contributed by atoms with van der Waals surface area (Å²) in [7, 11) is -9.60. The molecule has 0 aromatic rings. The fourth-order valence-corrected chi connectivity index (χ4v) is 5.32. The van der Waals surface area contributed by atoms with E-state index in [-0.39, 0.29) is 48.9 Å². The quantitative estimate of drug-likeness (QED) is 0.172. The van der Waals surface area contributed by atoms with Gasteiger partial charge >= 0.3 is 15.6 Å². The molecule has 0 aliphatic carbocycles. The van der Waals surface area contributed by atoms with Gasteiger partial charge in [0.05, 0.1) is 12.7 Å². The van der Waals surface area contributed by atoms with Gasteiger partial charge in [0.15, 0.2) is 0 Å². The first-order chi connectivity index (χ1) is 14.7. The molecule has 1 rings (SSSR count). The maximum Gasteiger partial charge on any atom is 0.481 e. The molecule has 1 aliphatic heterocycles. The van der Waals surface area contributed by atoms with Crippen LogP contribution in [0.4, 0.5) is 0 Å². The molecular weight excluding hydrogens is 466 g/mol. The molecule has 1 fully saturated rings. The Balaban J connectivity index is 2.18. The normalized spacial score (nSPS) is 20.6. The van der Waals surface area contributed by atoms with Gasteiger partial charge in [0, 0.05) is 31.8 Å². The van der Waals surface area contributed by atoms with Crippen LogP contribution in [0, 0.1) is 11.8 Å². The molecule has 0 aromatic carbocycles. The lowest BCUT2D eigenvalue weighted by Crippen LogP contribution is -2.32. The Morgan fingerprint density at radius 1 is 1.12 bits per heavy atom. The summed E-state index contributed by atoms with van der Waals surface area (Å²) in [5.74, 6) is -0.711. The van der Waals surface area contributed by atoms with Crippen molar-refractivity contribution in [3.63, 3.8) is 0 Å². The number of likely N-dealkylation sites (tertiary alicyclic amines) is 1. The van der Waals surface area contributed by atoms with Gasteiger partial charge in [-0.3, -0.25) is 28.3 Å². The van der Waals surface area contributed by atoms with Crippen molar-refractivity contribution in [2.24, 2.45) is 11.8 Å². The third-order valence-electron chi connectivity index (χ3n) is 4.60. The summed E-state index contributed by atoms with van der Waals surface area (Å²) >= 11 is 0. The first-order valence-electron chi connectivity index (χ1n) is 10.5. The number of phosphoric ester groups is 2. The SMILES string of the molecule is CC(C)OP(=O)(O)OP(=O)(O)OCCNC(=O)CCCCCN1C(=O)CC(C(C)C)C1=O. The predicted octanol–water partition coefficient (Wildman–Crippen LogP) is 2.35. The molecule has 0 radical (unpaired) electrons. The van der Waals surface area contributed by atoms with Gasteiger partial charge in [-0.05, 0) is 32.6 Å². The Kier molecular flexibility index (Phi) is 11.7. The maximum atomic E-state index is 12.2. The van der Waals surface area contributed by atoms with Crippen molar-refractivity contribution in [3.05, 3.63) is 0 Å². The number of nitrogens with zero attached hydrogens (tertiary/aromatic N) is 1. The van der Waals surface area contributed by atoms with Gasteiger partial charge in [0.25, 0.3) is 0 Å². The number of carbonyl (C=O) groups is 3. The molecule has 3 N–H and O–H groups in total. The average molecular weight is 500 g/mol. The van der Waals surface area contributed by atoms with Gasteiger partial charge in [-0.15, -0.1) is 0 Å². The van der Waals surface area contributed by atoms with Gasteiger partial charge in [-0.2, -0.15) is 4.31 Å². The molecule has 1 heterocycles. The summed E-state index contributed by atoms with van der Waals surface area (Å²) in [6, 6.07) is 0. The lowest BCUT2D eigenvalue weighted by atomic mass is 9.94. The summed E-state index contributed by atoms with van der Waals surface area (Å²) in [4.78, 5) is 56.0. The zero-order valence-corrected chi connectivity index (χ0v) is 20.7. The van der Waals surface area contributed by atoms with E-state index in [9.17, 15) is 33.3 Å². The van der Waals surface area contributed by atoms with E-state index < -0.39 is 28.4 Å². The van der Waals surface area contributed by atoms with Gasteiger partial charge in [-0.1, -0.05) is 20.3 Å². The third-order valence-corrected chi connectivity index (χ3v) is 7.45. The molecule has 14 heteroatoms. The predicted molar refractivity (Wildman–Crippen MR) is 114 cm³/mol. The van der Waals surface area contributed by atoms with Crippen molar-refractivity contribution in [2.45, 2.75) is 65.9 Å². The molecule has 1 saturated heterocycles. The second kappa shape index (κ2) is 12.9. The van der Waals surface area contributed by atoms with Gasteiger partial charge in [0.2, 0.25) is 17.7 Å². The minimum atomic E-state index is -4.84. The summed E-state index contributed by atoms with van der Waals surface area (Å²) in [6.45, 7) is 6.54. The zero-order chi connectivity index (χ0) is 24.5. The number of imide groups is 1. The Morgan fingerprint density at radius 3 is 2.34 bits per heavy atom. The molecule has 1 aliphatic rings. The highest BCUT2D eigenvalue weighted by Gasteiger charge is 2.39. The molecule has 0 bridgehead atoms. The van der Waals surface area contributed by atoms with Crippen LogP contribution in [0.25, 0.3) is 0 Å². The number of unbranched alkanes of at least 4 members (excludes halogenated alkanes) is 2. The van der Waals surface area contributed by atoms with Crippen LogP contribution in [0.5, 0.6) is 0 Å². The standard InChI is InChI=1S/C18H34N2O10P2/c1-13(2)15-12-17(22)20(18(15)23)10-7-5-6-8-16(21)19-9-11-28-31(24,25)30-32(26,27)29-14(3)4/h13-15H,5-12H2,1-4H3,(H,19,21)(H,24,25)(H,26,27). The highest BCUT2D eigenvalue weighted by Crippen LogP contribution is 2.60. The first-order valence-corrected chi connectivity index (χ1v) is 13.5. The van der Waals surface area contributed by atoms with E-state index in [1.165, 1.54) is 18.7 Å². The van der Waals surface area contributed by atoms with Crippen LogP contribution in [-0.2, 0) is 36.9 Å². The van der Waals surface area contributed by atoms with E-state index in [0.29, 0.717) is 25.8 Å². The first kappa shape index (κ1) is 28.9. The van der Waals surface area contributed by atoms with Crippen LogP contribution in [-0.4, -0.2) is 58.2 Å². The molecule has 3 unspecified atom stereocenters. The van der Waals surface area contributed by atoms with E-state index in [4.69, 9.17) is 0 Å². The number of rotatable bonds is 15. The molecule has 3 amide bonds. The number of hydrogen-bond donors (Lipinski definition) is 3. The summed E-state index contributed by atoms with van der Waals surface area (Å²) in [5.41, 5.74) is 0. The van der Waals surface area contributed by atoms with Crippen molar-refractivity contribution >= 4 is 33.4 Å². The fraction of sp³-hybridized carbons (Fsp3) is 0.833. The van der Waals surface area contributed by atoms with E-state index >= 15 is 0 Å². The highest BCUT2D eigenvalue weighted by molar-refractivity contribution is 7.61. The smallest absolute Gasteiger partial charge is 0.354 e. The maximum absolute atomic E-state index is 12.2. The Morgan fingerprint density at radius 2 is 1.78 bits per heavy atom. The number of hydrogen-bond acceptors (Lipinski definition) is 8. The molecule has 186 valence electrons. The molecule has 0 aromatic heterocycles. The van der Waals surface area contributed by atoms with Crippen molar-refractivity contribution in [2.75, 3.05) is 19.7 Å². The largest absolute Gasteiger partial charge is 0.481 e. The van der Waals surface area contributed by atoms with Crippen molar-refractivity contribution in [3.8, 4) is 0 Å². The van der Waals surface area contributed by atoms with Gasteiger partial charge in [0.1, 0.15) is 0 Å². The molecule has 0 spiro atoms. The minimum absolute atomic E-state index is 0.110. The van der Waals surface area contributed by atoms with Crippen LogP contribution in [0.1, 0.15) is 59.8 Å². The lowest BCUT2D eigenvalue weighted by Gasteiger charge is -2.17. The van der Waals surface area contributed by atoms with E-state index in [2.05, 4.69) is 18.7 Å². The molecule has 12 nitrogen and oxygen atoms in total. The van der Waals surface area contributed by atoms with Gasteiger partial charge < -0.3 is 15.1 Å². The Bertz CT molecular complexity index is 758. The van der Waals surface area contributed by atoms with Crippen molar-refractivity contribution in [1.29, 1.82) is 0 Å². The van der Waals surface area contributed by atoms with E-state index in [1.807, 2.05) is 13.8 Å². The van der Waals surface area contributed by atoms with E-state index in [0.717, 1.165) is 0 Å². The molecule has 0 saturated carbocycles. The van der Waals surface area contributed by atoms with Gasteiger partial charge in [-0.25, -0.2) is 9.13 Å². The lowest BCUT2D eigenvalue weighted by molar-refractivity contribution is -0.139. The summed E-state index contributed by atoms with van der Waals surface area (Å²) in [6.07, 6.45) is 1.53. The third kappa shape index (κ3) is 10.7. The molecular formula is C18H34N2O10P2. The summed E-state index contributed by atoms with van der Waals surface area (Å²) in [5, 5.41) is 2.48. The van der Waals surface area contributed by atoms with Crippen LogP contribution in [0.15, 0.2) is 0 Å². The minimum Gasteiger partial charge on any atom is -0.354 e. The second-order valence-electron chi connectivity index (χ2n) is 8.11. The summed E-state index contributed by atoms with van der Waals surface area (Å²) < 4.78 is 36.3.